The van der Waals surface area contributed by atoms with Crippen molar-refractivity contribution in [2.75, 3.05) is 4.72 Å². The maximum absolute atomic E-state index is 12.7. The summed E-state index contributed by atoms with van der Waals surface area (Å²) in [4.78, 5) is 3.96. The van der Waals surface area contributed by atoms with Gasteiger partial charge in [0.25, 0.3) is 15.2 Å². The van der Waals surface area contributed by atoms with Crippen LogP contribution in [0, 0.1) is 0 Å². The molecule has 0 atom stereocenters. The van der Waals surface area contributed by atoms with Crippen molar-refractivity contribution in [2.24, 2.45) is 0 Å². The van der Waals surface area contributed by atoms with Crippen molar-refractivity contribution in [1.29, 1.82) is 0 Å². The largest absolute Gasteiger partial charge is 0.573 e. The Morgan fingerprint density at radius 3 is 2.23 bits per heavy atom. The summed E-state index contributed by atoms with van der Waals surface area (Å²) in [7, 11) is -4.10. The Balaban J connectivity index is 1.58. The third kappa shape index (κ3) is 6.16. The molecule has 0 aliphatic rings. The van der Waals surface area contributed by atoms with E-state index in [1.165, 1.54) is 36.4 Å². The second kappa shape index (κ2) is 9.72. The molecule has 0 unspecified atom stereocenters. The van der Waals surface area contributed by atoms with Gasteiger partial charge in [0.1, 0.15) is 10.6 Å². The molecule has 3 aromatic carbocycles. The van der Waals surface area contributed by atoms with E-state index in [1.54, 1.807) is 0 Å². The SMILES string of the molecule is O=S(=O)(Nc1cc(Cl)c(Oc2nc3ccc(OC(F)(F)F)cc3s2)c(Cl)c1)c1ccc(Cl)cc1Cl. The number of aromatic nitrogens is 1. The minimum absolute atomic E-state index is 0.0246. The molecule has 0 aliphatic heterocycles. The van der Waals surface area contributed by atoms with Gasteiger partial charge < -0.3 is 9.47 Å². The molecule has 4 aromatic rings. The van der Waals surface area contributed by atoms with Crippen LogP contribution in [-0.2, 0) is 10.0 Å². The zero-order valence-electron chi connectivity index (χ0n) is 16.7. The lowest BCUT2D eigenvalue weighted by Crippen LogP contribution is -2.16. The molecule has 15 heteroatoms. The van der Waals surface area contributed by atoms with Gasteiger partial charge in [-0.05, 0) is 42.5 Å². The molecule has 1 N–H and O–H groups in total. The van der Waals surface area contributed by atoms with Crippen molar-refractivity contribution in [2.45, 2.75) is 11.3 Å². The lowest BCUT2D eigenvalue weighted by Gasteiger charge is -2.13. The summed E-state index contributed by atoms with van der Waals surface area (Å²) in [5.41, 5.74) is 0.382. The van der Waals surface area contributed by atoms with Crippen LogP contribution >= 0.6 is 57.7 Å². The molecule has 0 bridgehead atoms. The molecule has 6 nitrogen and oxygen atoms in total. The van der Waals surface area contributed by atoms with Gasteiger partial charge in [-0.15, -0.1) is 13.2 Å². The Morgan fingerprint density at radius 2 is 1.60 bits per heavy atom. The molecule has 0 radical (unpaired) electrons. The summed E-state index contributed by atoms with van der Waals surface area (Å²) in [6.07, 6.45) is -4.83. The average molecular weight is 604 g/mol. The lowest BCUT2D eigenvalue weighted by molar-refractivity contribution is -0.274. The summed E-state index contributed by atoms with van der Waals surface area (Å²) in [5.74, 6) is -0.444. The van der Waals surface area contributed by atoms with Crippen molar-refractivity contribution in [3.8, 4) is 16.7 Å². The lowest BCUT2D eigenvalue weighted by atomic mass is 10.3. The molecule has 35 heavy (non-hydrogen) atoms. The third-order valence-electron chi connectivity index (χ3n) is 4.20. The molecule has 0 amide bonds. The highest BCUT2D eigenvalue weighted by molar-refractivity contribution is 7.92. The summed E-state index contributed by atoms with van der Waals surface area (Å²) < 4.78 is 75.0. The van der Waals surface area contributed by atoms with Crippen LogP contribution in [0.25, 0.3) is 10.2 Å². The number of ether oxygens (including phenoxy) is 2. The van der Waals surface area contributed by atoms with E-state index in [-0.39, 0.29) is 41.6 Å². The van der Waals surface area contributed by atoms with Gasteiger partial charge in [-0.1, -0.05) is 57.7 Å². The second-order valence-electron chi connectivity index (χ2n) is 6.71. The fraction of sp³-hybridized carbons (Fsp3) is 0.0500. The van der Waals surface area contributed by atoms with Gasteiger partial charge in [0.05, 0.1) is 31.0 Å². The number of halogens is 7. The molecule has 0 fully saturated rings. The topological polar surface area (TPSA) is 77.5 Å². The molecule has 0 spiro atoms. The van der Waals surface area contributed by atoms with E-state index < -0.39 is 22.1 Å². The first-order valence-corrected chi connectivity index (χ1v) is 12.9. The Hall–Kier alpha value is -2.15. The Morgan fingerprint density at radius 1 is 0.914 bits per heavy atom. The fourth-order valence-electron chi connectivity index (χ4n) is 2.83. The van der Waals surface area contributed by atoms with E-state index >= 15 is 0 Å². The first-order valence-electron chi connectivity index (χ1n) is 9.12. The highest BCUT2D eigenvalue weighted by atomic mass is 35.5. The number of nitrogens with zero attached hydrogens (tertiary/aromatic N) is 1. The monoisotopic (exact) mass is 602 g/mol. The van der Waals surface area contributed by atoms with E-state index in [1.807, 2.05) is 0 Å². The minimum Gasteiger partial charge on any atom is -0.428 e. The number of fused-ring (bicyclic) bond motifs is 1. The summed E-state index contributed by atoms with van der Waals surface area (Å²) in [6.45, 7) is 0. The van der Waals surface area contributed by atoms with Gasteiger partial charge in [0.15, 0.2) is 5.75 Å². The minimum atomic E-state index is -4.83. The van der Waals surface area contributed by atoms with Crippen LogP contribution in [0.15, 0.2) is 53.4 Å². The molecular formula is C20H9Cl4F3N2O4S2. The number of rotatable bonds is 6. The normalized spacial score (nSPS) is 12.1. The predicted octanol–water partition coefficient (Wildman–Crippen LogP) is 8.40. The molecule has 0 saturated heterocycles. The van der Waals surface area contributed by atoms with Crippen LogP contribution in [0.2, 0.25) is 20.1 Å². The predicted molar refractivity (Wildman–Crippen MR) is 130 cm³/mol. The van der Waals surface area contributed by atoms with Crippen LogP contribution in [0.3, 0.4) is 0 Å². The van der Waals surface area contributed by atoms with Gasteiger partial charge in [0.2, 0.25) is 0 Å². The molecule has 4 rings (SSSR count). The molecule has 1 heterocycles. The van der Waals surface area contributed by atoms with Crippen molar-refractivity contribution in [3.05, 3.63) is 68.6 Å². The number of anilines is 1. The Kier molecular flexibility index (Phi) is 7.20. The van der Waals surface area contributed by atoms with E-state index in [0.29, 0.717) is 10.2 Å². The number of alkyl halides is 3. The maximum atomic E-state index is 12.7. The van der Waals surface area contributed by atoms with E-state index in [4.69, 9.17) is 51.1 Å². The van der Waals surface area contributed by atoms with Gasteiger partial charge in [-0.3, -0.25) is 4.72 Å². The number of benzene rings is 3. The molecule has 0 aliphatic carbocycles. The van der Waals surface area contributed by atoms with Crippen molar-refractivity contribution in [1.82, 2.24) is 4.98 Å². The standard InChI is InChI=1S/C20H9Cl4F3N2O4S2/c21-9-1-4-17(12(22)5-9)35(30,31)29-10-6-13(23)18(14(24)7-10)32-19-28-15-3-2-11(8-16(15)34-19)33-20(25,26)27/h1-8,29H. The number of hydrogen-bond donors (Lipinski definition) is 1. The number of sulfonamides is 1. The number of hydrogen-bond acceptors (Lipinski definition) is 6. The zero-order chi connectivity index (χ0) is 25.5. The van der Waals surface area contributed by atoms with Crippen LogP contribution in [-0.4, -0.2) is 19.8 Å². The Labute approximate surface area is 220 Å². The molecule has 184 valence electrons. The first kappa shape index (κ1) is 25.9. The van der Waals surface area contributed by atoms with Gasteiger partial charge in [-0.2, -0.15) is 0 Å². The summed E-state index contributed by atoms with van der Waals surface area (Å²) in [5, 5.41) is 0.104. The highest BCUT2D eigenvalue weighted by Crippen LogP contribution is 2.42. The van der Waals surface area contributed by atoms with E-state index in [2.05, 4.69) is 14.4 Å². The van der Waals surface area contributed by atoms with E-state index in [0.717, 1.165) is 23.5 Å². The average Bonchev–Trinajstić information content (AvgIpc) is 3.10. The van der Waals surface area contributed by atoms with Crippen LogP contribution in [0.4, 0.5) is 18.9 Å². The molecule has 0 saturated carbocycles. The van der Waals surface area contributed by atoms with Crippen molar-refractivity contribution < 1.29 is 31.1 Å². The molecule has 1 aromatic heterocycles. The van der Waals surface area contributed by atoms with Gasteiger partial charge in [-0.25, -0.2) is 13.4 Å². The second-order valence-corrected chi connectivity index (χ2v) is 11.0. The third-order valence-corrected chi connectivity index (χ3v) is 7.75. The van der Waals surface area contributed by atoms with Gasteiger partial charge >= 0.3 is 6.36 Å². The smallest absolute Gasteiger partial charge is 0.428 e. The van der Waals surface area contributed by atoms with Gasteiger partial charge in [0, 0.05) is 11.1 Å². The fourth-order valence-corrected chi connectivity index (χ4v) is 6.06. The Bertz CT molecular complexity index is 1520. The van der Waals surface area contributed by atoms with Crippen LogP contribution in [0.5, 0.6) is 16.7 Å². The first-order chi connectivity index (χ1) is 16.3. The van der Waals surface area contributed by atoms with E-state index in [9.17, 15) is 21.6 Å². The number of nitrogens with one attached hydrogen (secondary N) is 1. The maximum Gasteiger partial charge on any atom is 0.573 e. The quantitative estimate of drug-likeness (QED) is 0.239. The van der Waals surface area contributed by atoms with Crippen molar-refractivity contribution >= 4 is 83.7 Å². The summed E-state index contributed by atoms with van der Waals surface area (Å²) in [6, 6.07) is 10.0. The highest BCUT2D eigenvalue weighted by Gasteiger charge is 2.31. The number of thiazole rings is 1. The molecular weight excluding hydrogens is 595 g/mol. The zero-order valence-corrected chi connectivity index (χ0v) is 21.3. The van der Waals surface area contributed by atoms with Crippen molar-refractivity contribution in [3.63, 3.8) is 0 Å². The van der Waals surface area contributed by atoms with Crippen LogP contribution < -0.4 is 14.2 Å². The van der Waals surface area contributed by atoms with Crippen LogP contribution in [0.1, 0.15) is 0 Å². The summed E-state index contributed by atoms with van der Waals surface area (Å²) >= 11 is 25.2.